The fourth-order valence-corrected chi connectivity index (χ4v) is 5.24. The third kappa shape index (κ3) is 5.08. The summed E-state index contributed by atoms with van der Waals surface area (Å²) >= 11 is 0. The third-order valence-electron chi connectivity index (χ3n) is 6.98. The molecule has 2 aliphatic heterocycles. The van der Waals surface area contributed by atoms with Crippen molar-refractivity contribution in [3.05, 3.63) is 70.5 Å². The van der Waals surface area contributed by atoms with Gasteiger partial charge in [-0.25, -0.2) is 4.39 Å². The highest BCUT2D eigenvalue weighted by Gasteiger charge is 2.54. The van der Waals surface area contributed by atoms with Crippen LogP contribution in [0.5, 0.6) is 0 Å². The minimum Gasteiger partial charge on any atom is -0.368 e. The summed E-state index contributed by atoms with van der Waals surface area (Å²) in [5, 5.41) is 0. The van der Waals surface area contributed by atoms with Crippen molar-refractivity contribution < 1.29 is 40.3 Å². The quantitative estimate of drug-likeness (QED) is 0.481. The van der Waals surface area contributed by atoms with Gasteiger partial charge in [-0.2, -0.15) is 26.3 Å². The van der Waals surface area contributed by atoms with Gasteiger partial charge in [0.05, 0.1) is 29.4 Å². The standard InChI is InChI=1S/C25H25F7N2O2/c1-13(15-8-16(24(27,28)29)10-17(9-15)25(30,31)32)36-20-12-34-21(35)11-19(33(2)3)23(34)22(20)14-4-6-18(26)7-5-14/h4-10,13,19-20,22-23H,11-12H2,1-3H3/t13-,19?,20+,22?,23+/m1/s1. The van der Waals surface area contributed by atoms with Crippen molar-refractivity contribution >= 4 is 5.91 Å². The van der Waals surface area contributed by atoms with Crippen LogP contribution in [0, 0.1) is 5.82 Å². The van der Waals surface area contributed by atoms with E-state index in [4.69, 9.17) is 4.74 Å². The molecule has 196 valence electrons. The van der Waals surface area contributed by atoms with E-state index in [1.165, 1.54) is 19.1 Å². The number of amides is 1. The van der Waals surface area contributed by atoms with Gasteiger partial charge >= 0.3 is 12.4 Å². The van der Waals surface area contributed by atoms with Crippen LogP contribution in [0.2, 0.25) is 0 Å². The number of likely N-dealkylation sites (N-methyl/N-ethyl adjacent to an activating group) is 1. The predicted molar refractivity (Wildman–Crippen MR) is 116 cm³/mol. The van der Waals surface area contributed by atoms with Gasteiger partial charge in [0.15, 0.2) is 0 Å². The van der Waals surface area contributed by atoms with E-state index in [0.29, 0.717) is 17.7 Å². The van der Waals surface area contributed by atoms with Gasteiger partial charge in [-0.3, -0.25) is 4.79 Å². The Morgan fingerprint density at radius 1 is 0.972 bits per heavy atom. The van der Waals surface area contributed by atoms with Crippen molar-refractivity contribution in [3.8, 4) is 0 Å². The van der Waals surface area contributed by atoms with Gasteiger partial charge in [0.2, 0.25) is 5.91 Å². The van der Waals surface area contributed by atoms with Crippen LogP contribution in [-0.2, 0) is 21.9 Å². The summed E-state index contributed by atoms with van der Waals surface area (Å²) in [6, 6.07) is 6.49. The van der Waals surface area contributed by atoms with E-state index in [2.05, 4.69) is 0 Å². The lowest BCUT2D eigenvalue weighted by Gasteiger charge is -2.32. The van der Waals surface area contributed by atoms with Gasteiger partial charge in [-0.15, -0.1) is 0 Å². The molecule has 0 radical (unpaired) electrons. The molecule has 5 atom stereocenters. The van der Waals surface area contributed by atoms with Crippen LogP contribution < -0.4 is 0 Å². The summed E-state index contributed by atoms with van der Waals surface area (Å²) in [6.07, 6.45) is -11.6. The van der Waals surface area contributed by atoms with Gasteiger partial charge in [-0.1, -0.05) is 12.1 Å². The number of alkyl halides is 6. The van der Waals surface area contributed by atoms with Crippen molar-refractivity contribution in [1.29, 1.82) is 0 Å². The van der Waals surface area contributed by atoms with Crippen LogP contribution in [0.3, 0.4) is 0 Å². The molecule has 2 unspecified atom stereocenters. The van der Waals surface area contributed by atoms with Crippen molar-refractivity contribution in [2.45, 2.75) is 55.9 Å². The van der Waals surface area contributed by atoms with E-state index >= 15 is 0 Å². The zero-order valence-electron chi connectivity index (χ0n) is 19.7. The summed E-state index contributed by atoms with van der Waals surface area (Å²) in [5.74, 6) is -1.04. The number of carbonyl (C=O) groups is 1. The molecule has 0 aliphatic carbocycles. The molecule has 11 heteroatoms. The van der Waals surface area contributed by atoms with Crippen LogP contribution in [0.15, 0.2) is 42.5 Å². The van der Waals surface area contributed by atoms with E-state index < -0.39 is 47.4 Å². The molecule has 2 heterocycles. The first-order valence-electron chi connectivity index (χ1n) is 11.3. The molecular formula is C25H25F7N2O2. The number of carbonyl (C=O) groups excluding carboxylic acids is 1. The normalized spacial score (nSPS) is 25.5. The summed E-state index contributed by atoms with van der Waals surface area (Å²) in [6.45, 7) is 1.50. The monoisotopic (exact) mass is 518 g/mol. The highest BCUT2D eigenvalue weighted by molar-refractivity contribution is 5.81. The average molecular weight is 518 g/mol. The van der Waals surface area contributed by atoms with Crippen molar-refractivity contribution in [1.82, 2.24) is 9.80 Å². The van der Waals surface area contributed by atoms with Crippen LogP contribution in [0.1, 0.15) is 47.6 Å². The van der Waals surface area contributed by atoms with Crippen molar-refractivity contribution in [2.24, 2.45) is 0 Å². The van der Waals surface area contributed by atoms with Crippen LogP contribution >= 0.6 is 0 Å². The molecule has 2 saturated heterocycles. The number of ether oxygens (including phenoxy) is 1. The molecule has 0 spiro atoms. The van der Waals surface area contributed by atoms with Crippen LogP contribution in [0.25, 0.3) is 0 Å². The smallest absolute Gasteiger partial charge is 0.368 e. The first-order chi connectivity index (χ1) is 16.7. The Morgan fingerprint density at radius 2 is 1.53 bits per heavy atom. The van der Waals surface area contributed by atoms with Crippen LogP contribution in [-0.4, -0.2) is 54.5 Å². The maximum atomic E-state index is 13.6. The first kappa shape index (κ1) is 26.4. The molecule has 1 amide bonds. The Bertz CT molecular complexity index is 1080. The number of hydrogen-bond acceptors (Lipinski definition) is 3. The van der Waals surface area contributed by atoms with Crippen LogP contribution in [0.4, 0.5) is 30.7 Å². The fraction of sp³-hybridized carbons (Fsp3) is 0.480. The van der Waals surface area contributed by atoms with Crippen molar-refractivity contribution in [3.63, 3.8) is 0 Å². The Morgan fingerprint density at radius 3 is 2.03 bits per heavy atom. The zero-order valence-corrected chi connectivity index (χ0v) is 19.7. The number of hydrogen-bond donors (Lipinski definition) is 0. The molecule has 0 bridgehead atoms. The Hall–Kier alpha value is -2.66. The Labute approximate surface area is 203 Å². The molecule has 36 heavy (non-hydrogen) atoms. The summed E-state index contributed by atoms with van der Waals surface area (Å²) in [5.41, 5.74) is -2.46. The largest absolute Gasteiger partial charge is 0.416 e. The van der Waals surface area contributed by atoms with Gasteiger partial charge < -0.3 is 14.5 Å². The molecule has 2 fully saturated rings. The molecule has 2 aliphatic rings. The minimum absolute atomic E-state index is 0.0730. The maximum absolute atomic E-state index is 13.6. The van der Waals surface area contributed by atoms with E-state index in [9.17, 15) is 35.5 Å². The van der Waals surface area contributed by atoms with Crippen molar-refractivity contribution in [2.75, 3.05) is 20.6 Å². The number of rotatable bonds is 5. The molecular weight excluding hydrogens is 493 g/mol. The van der Waals surface area contributed by atoms with E-state index in [1.807, 2.05) is 19.0 Å². The van der Waals surface area contributed by atoms with Gasteiger partial charge in [-0.05, 0) is 62.5 Å². The van der Waals surface area contributed by atoms with Gasteiger partial charge in [0.25, 0.3) is 0 Å². The predicted octanol–water partition coefficient (Wildman–Crippen LogP) is 5.64. The lowest BCUT2D eigenvalue weighted by molar-refractivity contribution is -0.143. The number of fused-ring (bicyclic) bond motifs is 1. The Kier molecular flexibility index (Phi) is 6.85. The number of halogens is 7. The topological polar surface area (TPSA) is 32.8 Å². The van der Waals surface area contributed by atoms with Gasteiger partial charge in [0.1, 0.15) is 5.82 Å². The third-order valence-corrected chi connectivity index (χ3v) is 6.98. The highest BCUT2D eigenvalue weighted by Crippen LogP contribution is 2.45. The molecule has 2 aromatic carbocycles. The minimum atomic E-state index is -4.98. The number of benzene rings is 2. The SMILES string of the molecule is C[C@@H](O[C@H]1CN2C(=O)CC(N(C)C)[C@H]2C1c1ccc(F)cc1)c1cc(C(F)(F)F)cc(C(F)(F)F)c1. The molecule has 4 rings (SSSR count). The van der Waals surface area contributed by atoms with E-state index in [1.54, 1.807) is 17.0 Å². The second-order valence-corrected chi connectivity index (χ2v) is 9.51. The maximum Gasteiger partial charge on any atom is 0.416 e. The molecule has 2 aromatic rings. The summed E-state index contributed by atoms with van der Waals surface area (Å²) in [7, 11) is 3.64. The lowest BCUT2D eigenvalue weighted by Crippen LogP contribution is -2.42. The molecule has 4 nitrogen and oxygen atoms in total. The molecule has 0 aromatic heterocycles. The Balaban J connectivity index is 1.70. The summed E-state index contributed by atoms with van der Waals surface area (Å²) < 4.78 is 99.8. The second-order valence-electron chi connectivity index (χ2n) is 9.51. The second kappa shape index (κ2) is 9.33. The average Bonchev–Trinajstić information content (AvgIpc) is 3.30. The van der Waals surface area contributed by atoms with E-state index in [-0.39, 0.29) is 42.6 Å². The van der Waals surface area contributed by atoms with E-state index in [0.717, 1.165) is 0 Å². The summed E-state index contributed by atoms with van der Waals surface area (Å²) in [4.78, 5) is 16.3. The van der Waals surface area contributed by atoms with Gasteiger partial charge in [0, 0.05) is 24.9 Å². The number of nitrogens with zero attached hydrogens (tertiary/aromatic N) is 2. The molecule has 0 N–H and O–H groups in total. The lowest BCUT2D eigenvalue weighted by atomic mass is 9.85. The highest BCUT2D eigenvalue weighted by atomic mass is 19.4. The first-order valence-corrected chi connectivity index (χ1v) is 11.3. The molecule has 0 saturated carbocycles. The fourth-order valence-electron chi connectivity index (χ4n) is 5.24. The zero-order chi connectivity index (χ0) is 26.6.